The third-order valence-electron chi connectivity index (χ3n) is 1.89. The fraction of sp³-hybridized carbons (Fsp3) is 0.100. The monoisotopic (exact) mass is 250 g/mol. The summed E-state index contributed by atoms with van der Waals surface area (Å²) in [5.74, 6) is 0. The molecule has 1 aromatic carbocycles. The number of hydrogen-bond donors (Lipinski definition) is 0. The fourth-order valence-electron chi connectivity index (χ4n) is 1.23. The molecule has 70 valence electrons. The van der Waals surface area contributed by atoms with Crippen molar-refractivity contribution in [3.8, 4) is 0 Å². The van der Waals surface area contributed by atoms with Gasteiger partial charge in [0, 0.05) is 10.9 Å². The molecule has 0 saturated heterocycles. The second-order valence-corrected chi connectivity index (χ2v) is 3.77. The maximum absolute atomic E-state index is 10.7. The van der Waals surface area contributed by atoms with E-state index < -0.39 is 6.03 Å². The highest BCUT2D eigenvalue weighted by atomic mass is 79.9. The van der Waals surface area contributed by atoms with Crippen LogP contribution in [0.1, 0.15) is 5.56 Å². The molecular weight excluding hydrogens is 244 g/mol. The third-order valence-corrected chi connectivity index (χ3v) is 2.67. The van der Waals surface area contributed by atoms with Crippen molar-refractivity contribution in [1.29, 1.82) is 0 Å². The lowest BCUT2D eigenvalue weighted by Crippen LogP contribution is -2.02. The zero-order valence-electron chi connectivity index (χ0n) is 7.27. The highest BCUT2D eigenvalue weighted by Crippen LogP contribution is 2.17. The number of benzene rings is 1. The second kappa shape index (κ2) is 3.84. The SMILES string of the molecule is O=C1N=CC(Cc2ccccc2Br)=N1. The maximum Gasteiger partial charge on any atom is 0.367 e. The number of nitrogens with zero attached hydrogens (tertiary/aromatic N) is 2. The Balaban J connectivity index is 2.20. The predicted octanol–water partition coefficient (Wildman–Crippen LogP) is 2.64. The van der Waals surface area contributed by atoms with Gasteiger partial charge in [-0.1, -0.05) is 34.1 Å². The molecule has 0 atom stereocenters. The van der Waals surface area contributed by atoms with Crippen LogP contribution in [0.3, 0.4) is 0 Å². The number of halogens is 1. The van der Waals surface area contributed by atoms with Gasteiger partial charge >= 0.3 is 6.03 Å². The Morgan fingerprint density at radius 2 is 2.07 bits per heavy atom. The number of hydrogen-bond acceptors (Lipinski definition) is 1. The Bertz CT molecular complexity index is 438. The Morgan fingerprint density at radius 3 is 2.71 bits per heavy atom. The van der Waals surface area contributed by atoms with Gasteiger partial charge in [-0.2, -0.15) is 9.98 Å². The summed E-state index contributed by atoms with van der Waals surface area (Å²) in [7, 11) is 0. The number of carbonyl (C=O) groups is 1. The molecule has 0 aliphatic carbocycles. The van der Waals surface area contributed by atoms with Crippen molar-refractivity contribution in [1.82, 2.24) is 0 Å². The first-order valence-electron chi connectivity index (χ1n) is 4.15. The summed E-state index contributed by atoms with van der Waals surface area (Å²) >= 11 is 3.43. The molecule has 4 heteroatoms. The van der Waals surface area contributed by atoms with E-state index in [4.69, 9.17) is 0 Å². The third kappa shape index (κ3) is 1.96. The first kappa shape index (κ1) is 9.27. The molecule has 0 unspecified atom stereocenters. The van der Waals surface area contributed by atoms with E-state index in [0.717, 1.165) is 10.0 Å². The molecule has 1 aliphatic rings. The van der Waals surface area contributed by atoms with E-state index in [2.05, 4.69) is 25.9 Å². The van der Waals surface area contributed by atoms with E-state index in [1.165, 1.54) is 6.21 Å². The van der Waals surface area contributed by atoms with Crippen LogP contribution in [-0.2, 0) is 6.42 Å². The number of carbonyl (C=O) groups excluding carboxylic acids is 1. The Labute approximate surface area is 89.7 Å². The van der Waals surface area contributed by atoms with Gasteiger partial charge in [-0.3, -0.25) is 0 Å². The van der Waals surface area contributed by atoms with Gasteiger partial charge in [0.25, 0.3) is 0 Å². The number of urea groups is 1. The van der Waals surface area contributed by atoms with Gasteiger partial charge in [-0.15, -0.1) is 0 Å². The van der Waals surface area contributed by atoms with E-state index >= 15 is 0 Å². The lowest BCUT2D eigenvalue weighted by molar-refractivity contribution is 0.257. The quantitative estimate of drug-likeness (QED) is 0.796. The minimum atomic E-state index is -0.410. The Hall–Kier alpha value is -1.29. The molecule has 2 rings (SSSR count). The summed E-state index contributed by atoms with van der Waals surface area (Å²) in [5, 5.41) is 0. The summed E-state index contributed by atoms with van der Waals surface area (Å²) in [6.45, 7) is 0. The lowest BCUT2D eigenvalue weighted by Gasteiger charge is -2.00. The van der Waals surface area contributed by atoms with Crippen molar-refractivity contribution in [3.63, 3.8) is 0 Å². The fourth-order valence-corrected chi connectivity index (χ4v) is 1.66. The van der Waals surface area contributed by atoms with Crippen LogP contribution in [0.25, 0.3) is 0 Å². The van der Waals surface area contributed by atoms with E-state index in [0.29, 0.717) is 12.1 Å². The van der Waals surface area contributed by atoms with Crippen molar-refractivity contribution in [3.05, 3.63) is 34.3 Å². The summed E-state index contributed by atoms with van der Waals surface area (Å²) in [4.78, 5) is 18.1. The van der Waals surface area contributed by atoms with Gasteiger partial charge in [0.05, 0.1) is 11.9 Å². The van der Waals surface area contributed by atoms with Gasteiger partial charge in [-0.05, 0) is 11.6 Å². The molecule has 0 spiro atoms. The Morgan fingerprint density at radius 1 is 1.29 bits per heavy atom. The first-order valence-corrected chi connectivity index (χ1v) is 4.94. The highest BCUT2D eigenvalue weighted by Gasteiger charge is 2.09. The number of rotatable bonds is 2. The van der Waals surface area contributed by atoms with E-state index in [9.17, 15) is 4.79 Å². The number of amides is 2. The van der Waals surface area contributed by atoms with Crippen molar-refractivity contribution in [2.45, 2.75) is 6.42 Å². The van der Waals surface area contributed by atoms with Gasteiger partial charge in [0.15, 0.2) is 0 Å². The average molecular weight is 251 g/mol. The molecule has 0 aromatic heterocycles. The van der Waals surface area contributed by atoms with Gasteiger partial charge in [0.2, 0.25) is 0 Å². The molecule has 1 heterocycles. The predicted molar refractivity (Wildman–Crippen MR) is 59.2 cm³/mol. The maximum atomic E-state index is 10.7. The van der Waals surface area contributed by atoms with Crippen molar-refractivity contribution in [2.75, 3.05) is 0 Å². The van der Waals surface area contributed by atoms with Crippen LogP contribution in [0.5, 0.6) is 0 Å². The van der Waals surface area contributed by atoms with Crippen molar-refractivity contribution >= 4 is 33.9 Å². The van der Waals surface area contributed by atoms with E-state index in [1.807, 2.05) is 24.3 Å². The molecule has 2 amide bonds. The molecular formula is C10H7BrN2O. The van der Waals surface area contributed by atoms with Crippen molar-refractivity contribution in [2.24, 2.45) is 9.98 Å². The van der Waals surface area contributed by atoms with Crippen LogP contribution in [0, 0.1) is 0 Å². The van der Waals surface area contributed by atoms with Gasteiger partial charge in [0.1, 0.15) is 0 Å². The molecule has 14 heavy (non-hydrogen) atoms. The van der Waals surface area contributed by atoms with E-state index in [1.54, 1.807) is 0 Å². The minimum Gasteiger partial charge on any atom is -0.244 e. The van der Waals surface area contributed by atoms with Crippen LogP contribution in [0.2, 0.25) is 0 Å². The molecule has 0 saturated carbocycles. The van der Waals surface area contributed by atoms with E-state index in [-0.39, 0.29) is 0 Å². The normalized spacial score (nSPS) is 14.6. The summed E-state index contributed by atoms with van der Waals surface area (Å²) in [6, 6.07) is 7.44. The minimum absolute atomic E-state index is 0.410. The topological polar surface area (TPSA) is 41.8 Å². The summed E-state index contributed by atoms with van der Waals surface area (Å²) in [5.41, 5.74) is 1.81. The van der Waals surface area contributed by atoms with Gasteiger partial charge in [-0.25, -0.2) is 4.79 Å². The lowest BCUT2D eigenvalue weighted by atomic mass is 10.1. The molecule has 0 radical (unpaired) electrons. The largest absolute Gasteiger partial charge is 0.367 e. The standard InChI is InChI=1S/C10H7BrN2O/c11-9-4-2-1-3-7(9)5-8-6-12-10(14)13-8/h1-4,6H,5H2. The highest BCUT2D eigenvalue weighted by molar-refractivity contribution is 9.10. The average Bonchev–Trinajstić information content (AvgIpc) is 2.56. The molecule has 0 N–H and O–H groups in total. The van der Waals surface area contributed by atoms with Crippen LogP contribution < -0.4 is 0 Å². The van der Waals surface area contributed by atoms with Gasteiger partial charge < -0.3 is 0 Å². The molecule has 0 bridgehead atoms. The zero-order chi connectivity index (χ0) is 9.97. The Kier molecular flexibility index (Phi) is 2.54. The van der Waals surface area contributed by atoms with Crippen molar-refractivity contribution < 1.29 is 4.79 Å². The molecule has 1 aliphatic heterocycles. The number of aliphatic imine (C=N–C) groups is 2. The second-order valence-electron chi connectivity index (χ2n) is 2.91. The molecule has 1 aromatic rings. The molecule has 3 nitrogen and oxygen atoms in total. The smallest absolute Gasteiger partial charge is 0.244 e. The summed E-state index contributed by atoms with van der Waals surface area (Å²) < 4.78 is 1.02. The molecule has 0 fully saturated rings. The summed E-state index contributed by atoms with van der Waals surface area (Å²) in [6.07, 6.45) is 2.15. The van der Waals surface area contributed by atoms with Crippen LogP contribution in [0.4, 0.5) is 4.79 Å². The van der Waals surface area contributed by atoms with Crippen LogP contribution in [0.15, 0.2) is 38.7 Å². The van der Waals surface area contributed by atoms with Crippen LogP contribution in [-0.4, -0.2) is 18.0 Å². The zero-order valence-corrected chi connectivity index (χ0v) is 8.86. The first-order chi connectivity index (χ1) is 6.75. The van der Waals surface area contributed by atoms with Crippen LogP contribution >= 0.6 is 15.9 Å².